The summed E-state index contributed by atoms with van der Waals surface area (Å²) in [6, 6.07) is 10.0. The molecule has 0 unspecified atom stereocenters. The van der Waals surface area contributed by atoms with Gasteiger partial charge in [0.15, 0.2) is 0 Å². The Hall–Kier alpha value is -1.69. The van der Waals surface area contributed by atoms with Crippen LogP contribution < -0.4 is 9.47 Å². The molecule has 96 valence electrons. The fraction of sp³-hybridized carbons (Fsp3) is 0.533. The van der Waals surface area contributed by atoms with Gasteiger partial charge in [0, 0.05) is 6.07 Å². The van der Waals surface area contributed by atoms with E-state index < -0.39 is 0 Å². The van der Waals surface area contributed by atoms with Crippen molar-refractivity contribution < 1.29 is 9.47 Å². The molecule has 3 nitrogen and oxygen atoms in total. The van der Waals surface area contributed by atoms with E-state index in [4.69, 9.17) is 9.47 Å². The van der Waals surface area contributed by atoms with Gasteiger partial charge in [0.1, 0.15) is 18.1 Å². The Morgan fingerprint density at radius 3 is 2.50 bits per heavy atom. The van der Waals surface area contributed by atoms with Crippen molar-refractivity contribution in [3.05, 3.63) is 24.3 Å². The molecule has 0 amide bonds. The van der Waals surface area contributed by atoms with Crippen LogP contribution in [-0.4, -0.2) is 13.2 Å². The topological polar surface area (TPSA) is 42.2 Å². The Balaban J connectivity index is 1.97. The SMILES string of the molecule is CCOc1cccc(OCC2(C#N)CCCC2)c1. The second-order valence-electron chi connectivity index (χ2n) is 4.80. The predicted molar refractivity (Wildman–Crippen MR) is 69.6 cm³/mol. The van der Waals surface area contributed by atoms with E-state index in [0.29, 0.717) is 13.2 Å². The molecule has 0 saturated heterocycles. The molecule has 0 radical (unpaired) electrons. The molecule has 18 heavy (non-hydrogen) atoms. The van der Waals surface area contributed by atoms with E-state index in [1.54, 1.807) is 0 Å². The summed E-state index contributed by atoms with van der Waals surface area (Å²) in [5.74, 6) is 1.59. The summed E-state index contributed by atoms with van der Waals surface area (Å²) in [4.78, 5) is 0. The fourth-order valence-electron chi connectivity index (χ4n) is 2.38. The Bertz CT molecular complexity index is 430. The van der Waals surface area contributed by atoms with E-state index in [0.717, 1.165) is 37.2 Å². The summed E-state index contributed by atoms with van der Waals surface area (Å²) in [7, 11) is 0. The average Bonchev–Trinajstić information content (AvgIpc) is 2.87. The second-order valence-corrected chi connectivity index (χ2v) is 4.80. The van der Waals surface area contributed by atoms with Crippen LogP contribution in [-0.2, 0) is 0 Å². The number of ether oxygens (including phenoxy) is 2. The van der Waals surface area contributed by atoms with Crippen LogP contribution >= 0.6 is 0 Å². The van der Waals surface area contributed by atoms with Gasteiger partial charge in [0.05, 0.1) is 18.1 Å². The summed E-state index contributed by atoms with van der Waals surface area (Å²) >= 11 is 0. The minimum atomic E-state index is -0.276. The molecule has 1 aromatic carbocycles. The molecule has 0 atom stereocenters. The lowest BCUT2D eigenvalue weighted by Gasteiger charge is -2.20. The third-order valence-corrected chi connectivity index (χ3v) is 3.43. The highest BCUT2D eigenvalue weighted by Gasteiger charge is 2.34. The zero-order chi connectivity index (χ0) is 12.8. The number of hydrogen-bond donors (Lipinski definition) is 0. The third kappa shape index (κ3) is 2.95. The van der Waals surface area contributed by atoms with Crippen LogP contribution in [0.5, 0.6) is 11.5 Å². The van der Waals surface area contributed by atoms with Gasteiger partial charge in [0.25, 0.3) is 0 Å². The lowest BCUT2D eigenvalue weighted by molar-refractivity contribution is 0.200. The molecule has 3 heteroatoms. The van der Waals surface area contributed by atoms with Crippen LogP contribution in [0.25, 0.3) is 0 Å². The third-order valence-electron chi connectivity index (χ3n) is 3.43. The molecule has 1 aliphatic carbocycles. The second kappa shape index (κ2) is 5.77. The van der Waals surface area contributed by atoms with E-state index in [1.807, 2.05) is 31.2 Å². The summed E-state index contributed by atoms with van der Waals surface area (Å²) in [6.07, 6.45) is 4.18. The van der Waals surface area contributed by atoms with Gasteiger partial charge in [0.2, 0.25) is 0 Å². The van der Waals surface area contributed by atoms with Crippen molar-refractivity contribution in [1.82, 2.24) is 0 Å². The highest BCUT2D eigenvalue weighted by Crippen LogP contribution is 2.38. The Kier molecular flexibility index (Phi) is 4.09. The van der Waals surface area contributed by atoms with Gasteiger partial charge in [-0.15, -0.1) is 0 Å². The summed E-state index contributed by atoms with van der Waals surface area (Å²) in [6.45, 7) is 3.08. The first-order valence-corrected chi connectivity index (χ1v) is 6.55. The fourth-order valence-corrected chi connectivity index (χ4v) is 2.38. The highest BCUT2D eigenvalue weighted by atomic mass is 16.5. The zero-order valence-electron chi connectivity index (χ0n) is 10.8. The maximum atomic E-state index is 9.28. The minimum Gasteiger partial charge on any atom is -0.494 e. The summed E-state index contributed by atoms with van der Waals surface area (Å²) in [5, 5.41) is 9.28. The molecule has 1 saturated carbocycles. The first-order valence-electron chi connectivity index (χ1n) is 6.55. The van der Waals surface area contributed by atoms with E-state index in [2.05, 4.69) is 6.07 Å². The van der Waals surface area contributed by atoms with Crippen molar-refractivity contribution in [2.45, 2.75) is 32.6 Å². The van der Waals surface area contributed by atoms with Crippen molar-refractivity contribution in [3.8, 4) is 17.6 Å². The number of rotatable bonds is 5. The lowest BCUT2D eigenvalue weighted by Crippen LogP contribution is -2.23. The summed E-state index contributed by atoms with van der Waals surface area (Å²) in [5.41, 5.74) is -0.276. The highest BCUT2D eigenvalue weighted by molar-refractivity contribution is 5.33. The largest absolute Gasteiger partial charge is 0.494 e. The van der Waals surface area contributed by atoms with Gasteiger partial charge >= 0.3 is 0 Å². The molecule has 0 spiro atoms. The van der Waals surface area contributed by atoms with Crippen molar-refractivity contribution in [1.29, 1.82) is 5.26 Å². The average molecular weight is 245 g/mol. The van der Waals surface area contributed by atoms with Gasteiger partial charge in [-0.25, -0.2) is 0 Å². The van der Waals surface area contributed by atoms with E-state index in [-0.39, 0.29) is 5.41 Å². The van der Waals surface area contributed by atoms with Gasteiger partial charge in [-0.1, -0.05) is 18.9 Å². The molecule has 1 aliphatic rings. The molecule has 0 N–H and O–H groups in total. The van der Waals surface area contributed by atoms with Crippen LogP contribution in [0.4, 0.5) is 0 Å². The Morgan fingerprint density at radius 1 is 1.22 bits per heavy atom. The molecular formula is C15H19NO2. The minimum absolute atomic E-state index is 0.276. The molecule has 1 aromatic rings. The number of benzene rings is 1. The van der Waals surface area contributed by atoms with Crippen LogP contribution in [0.15, 0.2) is 24.3 Å². The predicted octanol–water partition coefficient (Wildman–Crippen LogP) is 3.55. The molecule has 1 fully saturated rings. The van der Waals surface area contributed by atoms with Gasteiger partial charge in [-0.3, -0.25) is 0 Å². The zero-order valence-corrected chi connectivity index (χ0v) is 10.8. The molecular weight excluding hydrogens is 226 g/mol. The maximum absolute atomic E-state index is 9.28. The number of nitriles is 1. The van der Waals surface area contributed by atoms with Gasteiger partial charge in [-0.2, -0.15) is 5.26 Å². The maximum Gasteiger partial charge on any atom is 0.123 e. The van der Waals surface area contributed by atoms with Crippen LogP contribution in [0.2, 0.25) is 0 Å². The van der Waals surface area contributed by atoms with Crippen molar-refractivity contribution >= 4 is 0 Å². The standard InChI is InChI=1S/C15H19NO2/c1-2-17-13-6-5-7-14(10-13)18-12-15(11-16)8-3-4-9-15/h5-7,10H,2-4,8-9,12H2,1H3. The first-order chi connectivity index (χ1) is 8.78. The summed E-state index contributed by atoms with van der Waals surface area (Å²) < 4.78 is 11.2. The van der Waals surface area contributed by atoms with E-state index in [9.17, 15) is 5.26 Å². The van der Waals surface area contributed by atoms with Crippen LogP contribution in [0.3, 0.4) is 0 Å². The first kappa shape index (κ1) is 12.8. The van der Waals surface area contributed by atoms with Crippen molar-refractivity contribution in [2.75, 3.05) is 13.2 Å². The lowest BCUT2D eigenvalue weighted by atomic mass is 9.89. The van der Waals surface area contributed by atoms with Crippen LogP contribution in [0.1, 0.15) is 32.6 Å². The molecule has 2 rings (SSSR count). The Morgan fingerprint density at radius 2 is 1.89 bits per heavy atom. The van der Waals surface area contributed by atoms with Crippen molar-refractivity contribution in [2.24, 2.45) is 5.41 Å². The number of hydrogen-bond acceptors (Lipinski definition) is 3. The van der Waals surface area contributed by atoms with E-state index in [1.165, 1.54) is 0 Å². The molecule has 0 heterocycles. The monoisotopic (exact) mass is 245 g/mol. The Labute approximate surface area is 108 Å². The van der Waals surface area contributed by atoms with Gasteiger partial charge < -0.3 is 9.47 Å². The number of nitrogens with zero attached hydrogens (tertiary/aromatic N) is 1. The van der Waals surface area contributed by atoms with Gasteiger partial charge in [-0.05, 0) is 31.9 Å². The quantitative estimate of drug-likeness (QED) is 0.796. The van der Waals surface area contributed by atoms with Crippen LogP contribution in [0, 0.1) is 16.7 Å². The molecule has 0 bridgehead atoms. The molecule has 0 aromatic heterocycles. The molecule has 0 aliphatic heterocycles. The van der Waals surface area contributed by atoms with Crippen molar-refractivity contribution in [3.63, 3.8) is 0 Å². The van der Waals surface area contributed by atoms with E-state index >= 15 is 0 Å². The smallest absolute Gasteiger partial charge is 0.123 e. The normalized spacial score (nSPS) is 17.1.